The molecule has 7 heteroatoms. The zero-order valence-corrected chi connectivity index (χ0v) is 12.3. The second-order valence-corrected chi connectivity index (χ2v) is 5.43. The molecule has 0 aliphatic carbocycles. The third-order valence-corrected chi connectivity index (χ3v) is 3.52. The van der Waals surface area contributed by atoms with Gasteiger partial charge in [-0.15, -0.1) is 21.6 Å². The Labute approximate surface area is 120 Å². The van der Waals surface area contributed by atoms with Crippen molar-refractivity contribution < 1.29 is 0 Å². The summed E-state index contributed by atoms with van der Waals surface area (Å²) in [5.74, 6) is 0.861. The van der Waals surface area contributed by atoms with Crippen LogP contribution in [0.2, 0.25) is 0 Å². The first-order chi connectivity index (χ1) is 9.65. The van der Waals surface area contributed by atoms with Gasteiger partial charge in [-0.05, 0) is 19.1 Å². The van der Waals surface area contributed by atoms with Crippen molar-refractivity contribution >= 4 is 38.9 Å². The third kappa shape index (κ3) is 2.27. The van der Waals surface area contributed by atoms with Gasteiger partial charge < -0.3 is 9.88 Å². The van der Waals surface area contributed by atoms with Gasteiger partial charge in [0.15, 0.2) is 0 Å². The maximum Gasteiger partial charge on any atom is 0.229 e. The highest BCUT2D eigenvalue weighted by Gasteiger charge is 2.11. The Balaban J connectivity index is 2.10. The Morgan fingerprint density at radius 1 is 1.25 bits per heavy atom. The smallest absolute Gasteiger partial charge is 0.229 e. The quantitative estimate of drug-likeness (QED) is 0.744. The number of hydrogen-bond acceptors (Lipinski definition) is 6. The second-order valence-electron chi connectivity index (χ2n) is 4.56. The van der Waals surface area contributed by atoms with E-state index in [2.05, 4.69) is 25.2 Å². The first-order valence-electron chi connectivity index (χ1n) is 6.13. The van der Waals surface area contributed by atoms with Crippen molar-refractivity contribution in [2.75, 3.05) is 19.0 Å². The molecule has 0 unspecified atom stereocenters. The molecular weight excluding hydrogens is 272 g/mol. The molecule has 20 heavy (non-hydrogen) atoms. The minimum Gasteiger partial charge on any atom is -0.376 e. The number of anilines is 1. The van der Waals surface area contributed by atoms with Crippen LogP contribution in [-0.4, -0.2) is 29.0 Å². The van der Waals surface area contributed by atoms with Gasteiger partial charge in [-0.1, -0.05) is 0 Å². The lowest BCUT2D eigenvalue weighted by Crippen LogP contribution is -2.08. The van der Waals surface area contributed by atoms with E-state index in [1.54, 1.807) is 6.20 Å². The Morgan fingerprint density at radius 3 is 2.80 bits per heavy atom. The van der Waals surface area contributed by atoms with Crippen LogP contribution in [0.15, 0.2) is 33.9 Å². The molecule has 0 atom stereocenters. The van der Waals surface area contributed by atoms with Crippen LogP contribution >= 0.6 is 11.3 Å². The largest absolute Gasteiger partial charge is 0.376 e. The van der Waals surface area contributed by atoms with E-state index in [0.29, 0.717) is 5.13 Å². The Morgan fingerprint density at radius 2 is 2.10 bits per heavy atom. The van der Waals surface area contributed by atoms with Crippen molar-refractivity contribution in [3.05, 3.63) is 29.5 Å². The summed E-state index contributed by atoms with van der Waals surface area (Å²) in [4.78, 5) is 13.9. The van der Waals surface area contributed by atoms with Crippen LogP contribution in [0.5, 0.6) is 0 Å². The highest BCUT2D eigenvalue weighted by atomic mass is 32.1. The standard InChI is InChI=1S/C13H14N6S/c1-8-15-11-9(17-18-13-14-6-7-20-13)4-5-10(19(2)3)12(11)16-8/h4-7H,1-3H3,(H,15,16). The van der Waals surface area contributed by atoms with E-state index in [0.717, 1.165) is 28.2 Å². The summed E-state index contributed by atoms with van der Waals surface area (Å²) in [7, 11) is 4.00. The van der Waals surface area contributed by atoms with E-state index >= 15 is 0 Å². The lowest BCUT2D eigenvalue weighted by molar-refractivity contribution is 1.13. The van der Waals surface area contributed by atoms with Crippen molar-refractivity contribution in [2.45, 2.75) is 6.92 Å². The summed E-state index contributed by atoms with van der Waals surface area (Å²) in [6.07, 6.45) is 1.71. The zero-order valence-electron chi connectivity index (χ0n) is 11.5. The van der Waals surface area contributed by atoms with Crippen LogP contribution < -0.4 is 4.90 Å². The fourth-order valence-electron chi connectivity index (χ4n) is 2.00. The van der Waals surface area contributed by atoms with Gasteiger partial charge in [-0.3, -0.25) is 0 Å². The first-order valence-corrected chi connectivity index (χ1v) is 7.01. The summed E-state index contributed by atoms with van der Waals surface area (Å²) in [5, 5.41) is 10.9. The van der Waals surface area contributed by atoms with E-state index in [4.69, 9.17) is 0 Å². The van der Waals surface area contributed by atoms with E-state index in [-0.39, 0.29) is 0 Å². The lowest BCUT2D eigenvalue weighted by Gasteiger charge is -2.13. The number of aromatic amines is 1. The number of thiazole rings is 1. The Bertz CT molecular complexity index is 757. The molecule has 3 aromatic rings. The Kier molecular flexibility index (Phi) is 3.19. The molecule has 0 bridgehead atoms. The molecule has 0 saturated carbocycles. The van der Waals surface area contributed by atoms with Crippen molar-refractivity contribution in [1.29, 1.82) is 0 Å². The first kappa shape index (κ1) is 12.7. The predicted octanol–water partition coefficient (Wildman–Crippen LogP) is 3.81. The number of benzene rings is 1. The molecule has 2 heterocycles. The third-order valence-electron chi connectivity index (χ3n) is 2.86. The summed E-state index contributed by atoms with van der Waals surface area (Å²) in [6, 6.07) is 3.94. The van der Waals surface area contributed by atoms with Gasteiger partial charge in [0.2, 0.25) is 5.13 Å². The number of azo groups is 1. The maximum absolute atomic E-state index is 4.50. The number of nitrogens with zero attached hydrogens (tertiary/aromatic N) is 5. The van der Waals surface area contributed by atoms with Crippen LogP contribution in [0.3, 0.4) is 0 Å². The molecule has 1 aromatic carbocycles. The number of imidazole rings is 1. The average Bonchev–Trinajstić information content (AvgIpc) is 3.03. The second kappa shape index (κ2) is 5.01. The number of rotatable bonds is 3. The summed E-state index contributed by atoms with van der Waals surface area (Å²) < 4.78 is 0. The molecule has 2 aromatic heterocycles. The van der Waals surface area contributed by atoms with Crippen molar-refractivity contribution in [3.63, 3.8) is 0 Å². The molecule has 102 valence electrons. The summed E-state index contributed by atoms with van der Waals surface area (Å²) >= 11 is 1.45. The van der Waals surface area contributed by atoms with Crippen LogP contribution in [0.1, 0.15) is 5.82 Å². The highest BCUT2D eigenvalue weighted by Crippen LogP contribution is 2.32. The molecule has 0 saturated heterocycles. The molecule has 3 rings (SSSR count). The molecule has 0 radical (unpaired) electrons. The van der Waals surface area contributed by atoms with Gasteiger partial charge in [-0.25, -0.2) is 9.97 Å². The number of hydrogen-bond donors (Lipinski definition) is 1. The predicted molar refractivity (Wildman–Crippen MR) is 81.4 cm³/mol. The Hall–Kier alpha value is -2.28. The van der Waals surface area contributed by atoms with Gasteiger partial charge in [-0.2, -0.15) is 0 Å². The highest BCUT2D eigenvalue weighted by molar-refractivity contribution is 7.13. The monoisotopic (exact) mass is 286 g/mol. The van der Waals surface area contributed by atoms with Crippen molar-refractivity contribution in [1.82, 2.24) is 15.0 Å². The van der Waals surface area contributed by atoms with Gasteiger partial charge in [0, 0.05) is 25.7 Å². The SMILES string of the molecule is Cc1nc2c(N=Nc3nccs3)ccc(N(C)C)c2[nH]1. The van der Waals surface area contributed by atoms with E-state index in [9.17, 15) is 0 Å². The van der Waals surface area contributed by atoms with Crippen LogP contribution in [0.25, 0.3) is 11.0 Å². The minimum atomic E-state index is 0.641. The molecule has 6 nitrogen and oxygen atoms in total. The van der Waals surface area contributed by atoms with Gasteiger partial charge in [0.05, 0.1) is 11.2 Å². The van der Waals surface area contributed by atoms with Gasteiger partial charge in [0.25, 0.3) is 0 Å². The average molecular weight is 286 g/mol. The zero-order chi connectivity index (χ0) is 14.1. The van der Waals surface area contributed by atoms with Crippen LogP contribution in [-0.2, 0) is 0 Å². The van der Waals surface area contributed by atoms with Crippen LogP contribution in [0, 0.1) is 6.92 Å². The molecule has 1 N–H and O–H groups in total. The molecule has 0 amide bonds. The summed E-state index contributed by atoms with van der Waals surface area (Å²) in [5.41, 5.74) is 3.62. The number of H-pyrrole nitrogens is 1. The topological polar surface area (TPSA) is 69.5 Å². The van der Waals surface area contributed by atoms with E-state index < -0.39 is 0 Å². The van der Waals surface area contributed by atoms with Crippen molar-refractivity contribution in [2.24, 2.45) is 10.2 Å². The molecular formula is C13H14N6S. The molecule has 0 spiro atoms. The molecule has 0 aliphatic heterocycles. The molecule has 0 aliphatic rings. The number of fused-ring (bicyclic) bond motifs is 1. The lowest BCUT2D eigenvalue weighted by atomic mass is 10.2. The van der Waals surface area contributed by atoms with Gasteiger partial charge in [0.1, 0.15) is 17.0 Å². The fourth-order valence-corrected chi connectivity index (χ4v) is 2.45. The van der Waals surface area contributed by atoms with E-state index in [1.807, 2.05) is 43.4 Å². The van der Waals surface area contributed by atoms with Gasteiger partial charge >= 0.3 is 0 Å². The fraction of sp³-hybridized carbons (Fsp3) is 0.231. The normalized spacial score (nSPS) is 11.6. The van der Waals surface area contributed by atoms with E-state index in [1.165, 1.54) is 11.3 Å². The molecule has 0 fully saturated rings. The number of aryl methyl sites for hydroxylation is 1. The maximum atomic E-state index is 4.50. The van der Waals surface area contributed by atoms with Crippen molar-refractivity contribution in [3.8, 4) is 0 Å². The minimum absolute atomic E-state index is 0.641. The van der Waals surface area contributed by atoms with Crippen LogP contribution in [0.4, 0.5) is 16.5 Å². The number of aromatic nitrogens is 3. The summed E-state index contributed by atoms with van der Waals surface area (Å²) in [6.45, 7) is 1.93. The number of nitrogens with one attached hydrogen (secondary N) is 1.